The third-order valence-corrected chi connectivity index (χ3v) is 4.39. The second-order valence-electron chi connectivity index (χ2n) is 5.90. The molecule has 3 rings (SSSR count). The van der Waals surface area contributed by atoms with E-state index >= 15 is 0 Å². The number of ether oxygens (including phenoxy) is 4. The van der Waals surface area contributed by atoms with Crippen LogP contribution in [-0.2, 0) is 0 Å². The van der Waals surface area contributed by atoms with Gasteiger partial charge in [-0.15, -0.1) is 0 Å². The first kappa shape index (κ1) is 19.2. The number of rotatable bonds is 7. The molecule has 28 heavy (non-hydrogen) atoms. The molecule has 0 saturated heterocycles. The third kappa shape index (κ3) is 3.34. The second-order valence-corrected chi connectivity index (χ2v) is 5.90. The highest BCUT2D eigenvalue weighted by molar-refractivity contribution is 6.08. The van der Waals surface area contributed by atoms with E-state index in [-0.39, 0.29) is 11.5 Å². The van der Waals surface area contributed by atoms with Crippen molar-refractivity contribution in [3.05, 3.63) is 47.7 Å². The Bertz CT molecular complexity index is 1030. The first-order chi connectivity index (χ1) is 13.5. The van der Waals surface area contributed by atoms with Crippen LogP contribution in [0.1, 0.15) is 15.9 Å². The molecule has 146 valence electrons. The van der Waals surface area contributed by atoms with Crippen molar-refractivity contribution in [2.75, 3.05) is 28.4 Å². The number of carbonyl (C=O) groups is 1. The maximum atomic E-state index is 12.7. The quantitative estimate of drug-likeness (QED) is 0.476. The minimum Gasteiger partial charge on any atom is -0.504 e. The number of aromatic hydroxyl groups is 1. The number of aromatic nitrogens is 1. The average Bonchev–Trinajstić information content (AvgIpc) is 3.13. The smallest absolute Gasteiger partial charge is 0.203 e. The van der Waals surface area contributed by atoms with Crippen LogP contribution in [0.15, 0.2) is 36.5 Å². The summed E-state index contributed by atoms with van der Waals surface area (Å²) in [6, 6.07) is 6.51. The number of phenols is 1. The zero-order chi connectivity index (χ0) is 20.3. The van der Waals surface area contributed by atoms with Crippen LogP contribution in [0.25, 0.3) is 17.0 Å². The number of hydrogen-bond acceptors (Lipinski definition) is 6. The average molecular weight is 383 g/mol. The first-order valence-electron chi connectivity index (χ1n) is 8.43. The molecule has 7 heteroatoms. The van der Waals surface area contributed by atoms with Crippen LogP contribution in [0.5, 0.6) is 28.7 Å². The molecule has 0 radical (unpaired) electrons. The van der Waals surface area contributed by atoms with E-state index in [1.165, 1.54) is 34.5 Å². The molecule has 0 unspecified atom stereocenters. The Balaban J connectivity index is 1.95. The maximum Gasteiger partial charge on any atom is 0.203 e. The summed E-state index contributed by atoms with van der Waals surface area (Å²) < 4.78 is 21.1. The molecule has 0 aliphatic heterocycles. The van der Waals surface area contributed by atoms with Gasteiger partial charge in [0.05, 0.1) is 34.0 Å². The lowest BCUT2D eigenvalue weighted by Gasteiger charge is -2.13. The number of nitrogens with one attached hydrogen (secondary N) is 1. The van der Waals surface area contributed by atoms with Crippen molar-refractivity contribution < 1.29 is 28.8 Å². The van der Waals surface area contributed by atoms with E-state index in [2.05, 4.69) is 4.98 Å². The molecule has 0 spiro atoms. The molecule has 1 heterocycles. The van der Waals surface area contributed by atoms with Crippen LogP contribution >= 0.6 is 0 Å². The Morgan fingerprint density at radius 2 is 1.61 bits per heavy atom. The topological polar surface area (TPSA) is 90.0 Å². The molecule has 2 N–H and O–H groups in total. The van der Waals surface area contributed by atoms with Crippen molar-refractivity contribution in [1.29, 1.82) is 0 Å². The molecule has 7 nitrogen and oxygen atoms in total. The Labute approximate surface area is 162 Å². The van der Waals surface area contributed by atoms with Crippen molar-refractivity contribution in [2.45, 2.75) is 0 Å². The van der Waals surface area contributed by atoms with Crippen LogP contribution in [0, 0.1) is 0 Å². The zero-order valence-corrected chi connectivity index (χ0v) is 16.0. The van der Waals surface area contributed by atoms with Crippen LogP contribution < -0.4 is 18.9 Å². The number of carbonyl (C=O) groups excluding carboxylic acids is 1. The summed E-state index contributed by atoms with van der Waals surface area (Å²) in [5.74, 6) is 1.42. The van der Waals surface area contributed by atoms with Crippen molar-refractivity contribution in [3.8, 4) is 28.7 Å². The molecule has 3 aromatic rings. The van der Waals surface area contributed by atoms with Gasteiger partial charge in [0.25, 0.3) is 0 Å². The highest BCUT2D eigenvalue weighted by Crippen LogP contribution is 2.39. The van der Waals surface area contributed by atoms with Crippen molar-refractivity contribution >= 4 is 22.8 Å². The van der Waals surface area contributed by atoms with Gasteiger partial charge in [-0.05, 0) is 36.4 Å². The summed E-state index contributed by atoms with van der Waals surface area (Å²) in [6.07, 6.45) is 4.90. The number of phenolic OH excluding ortho intramolecular Hbond substituents is 1. The van der Waals surface area contributed by atoms with Gasteiger partial charge in [-0.3, -0.25) is 4.79 Å². The van der Waals surface area contributed by atoms with Crippen molar-refractivity contribution in [3.63, 3.8) is 0 Å². The summed E-state index contributed by atoms with van der Waals surface area (Å²) >= 11 is 0. The fraction of sp³-hybridized carbons (Fsp3) is 0.190. The van der Waals surface area contributed by atoms with Crippen LogP contribution in [0.2, 0.25) is 0 Å². The molecule has 0 atom stereocenters. The number of methoxy groups -OCH3 is 4. The SMILES string of the molecule is COc1cc(C(=O)C=Cc2c[nH]c3c(OC)c(O)ccc23)cc(OC)c1OC. The number of hydrogen-bond donors (Lipinski definition) is 2. The Hall–Kier alpha value is -3.61. The normalized spacial score (nSPS) is 11.0. The summed E-state index contributed by atoms with van der Waals surface area (Å²) in [6.45, 7) is 0. The fourth-order valence-electron chi connectivity index (χ4n) is 3.01. The van der Waals surface area contributed by atoms with Gasteiger partial charge in [0.15, 0.2) is 28.8 Å². The fourth-order valence-corrected chi connectivity index (χ4v) is 3.01. The zero-order valence-electron chi connectivity index (χ0n) is 16.0. The molecular formula is C21H21NO6. The number of aromatic amines is 1. The van der Waals surface area contributed by atoms with Gasteiger partial charge < -0.3 is 29.0 Å². The standard InChI is InChI=1S/C21H21NO6/c1-25-17-9-13(10-18(26-2)21(17)28-4)15(23)7-5-12-11-22-19-14(12)6-8-16(24)20(19)27-3/h5-11,22,24H,1-4H3. The molecule has 2 aromatic carbocycles. The van der Waals surface area contributed by atoms with Gasteiger partial charge in [-0.25, -0.2) is 0 Å². The van der Waals surface area contributed by atoms with Crippen LogP contribution in [0.4, 0.5) is 0 Å². The van der Waals surface area contributed by atoms with E-state index in [4.69, 9.17) is 18.9 Å². The van der Waals surface area contributed by atoms with Crippen LogP contribution in [-0.4, -0.2) is 44.3 Å². The number of fused-ring (bicyclic) bond motifs is 1. The molecule has 0 fully saturated rings. The highest BCUT2D eigenvalue weighted by atomic mass is 16.5. The van der Waals surface area contributed by atoms with Gasteiger partial charge >= 0.3 is 0 Å². The summed E-state index contributed by atoms with van der Waals surface area (Å²) in [5.41, 5.74) is 1.84. The Morgan fingerprint density at radius 1 is 0.964 bits per heavy atom. The minimum atomic E-state index is -0.223. The van der Waals surface area contributed by atoms with Gasteiger partial charge in [0.2, 0.25) is 5.75 Å². The monoisotopic (exact) mass is 383 g/mol. The number of allylic oxidation sites excluding steroid dienone is 1. The van der Waals surface area contributed by atoms with Gasteiger partial charge in [-0.2, -0.15) is 0 Å². The van der Waals surface area contributed by atoms with E-state index in [1.807, 2.05) is 0 Å². The lowest BCUT2D eigenvalue weighted by atomic mass is 10.1. The lowest BCUT2D eigenvalue weighted by molar-refractivity contribution is 0.104. The minimum absolute atomic E-state index is 0.0425. The molecule has 0 saturated carbocycles. The summed E-state index contributed by atoms with van der Waals surface area (Å²) in [7, 11) is 5.98. The van der Waals surface area contributed by atoms with E-state index in [9.17, 15) is 9.90 Å². The predicted molar refractivity (Wildman–Crippen MR) is 106 cm³/mol. The van der Waals surface area contributed by atoms with Gasteiger partial charge in [0, 0.05) is 22.7 Å². The third-order valence-electron chi connectivity index (χ3n) is 4.39. The number of ketones is 1. The summed E-state index contributed by atoms with van der Waals surface area (Å²) in [4.78, 5) is 15.7. The molecule has 1 aromatic heterocycles. The molecule has 0 aliphatic carbocycles. The highest BCUT2D eigenvalue weighted by Gasteiger charge is 2.16. The van der Waals surface area contributed by atoms with Crippen molar-refractivity contribution in [2.24, 2.45) is 0 Å². The number of benzene rings is 2. The van der Waals surface area contributed by atoms with Crippen LogP contribution in [0.3, 0.4) is 0 Å². The largest absolute Gasteiger partial charge is 0.504 e. The molecular weight excluding hydrogens is 362 g/mol. The van der Waals surface area contributed by atoms with E-state index in [0.29, 0.717) is 34.1 Å². The lowest BCUT2D eigenvalue weighted by Crippen LogP contribution is -2.00. The van der Waals surface area contributed by atoms with Gasteiger partial charge in [0.1, 0.15) is 0 Å². The predicted octanol–water partition coefficient (Wildman–Crippen LogP) is 3.80. The van der Waals surface area contributed by atoms with E-state index in [0.717, 1.165) is 10.9 Å². The first-order valence-corrected chi connectivity index (χ1v) is 8.43. The van der Waals surface area contributed by atoms with Gasteiger partial charge in [-0.1, -0.05) is 0 Å². The molecule has 0 amide bonds. The molecule has 0 bridgehead atoms. The maximum absolute atomic E-state index is 12.7. The van der Waals surface area contributed by atoms with E-state index < -0.39 is 0 Å². The second kappa shape index (κ2) is 7.96. The summed E-state index contributed by atoms with van der Waals surface area (Å²) in [5, 5.41) is 10.7. The molecule has 0 aliphatic rings. The Kier molecular flexibility index (Phi) is 5.44. The Morgan fingerprint density at radius 3 is 2.18 bits per heavy atom. The number of H-pyrrole nitrogens is 1. The van der Waals surface area contributed by atoms with E-state index in [1.54, 1.807) is 36.5 Å². The van der Waals surface area contributed by atoms with Crippen molar-refractivity contribution in [1.82, 2.24) is 4.98 Å².